The molecule has 2 heterocycles. The molecule has 5 heteroatoms. The van der Waals surface area contributed by atoms with Crippen molar-refractivity contribution in [2.45, 2.75) is 39.2 Å². The zero-order valence-corrected chi connectivity index (χ0v) is 16.5. The largest absolute Gasteiger partial charge is 0.494 e. The van der Waals surface area contributed by atoms with Gasteiger partial charge in [-0.2, -0.15) is 0 Å². The molecule has 0 aliphatic carbocycles. The van der Waals surface area contributed by atoms with E-state index in [1.54, 1.807) is 4.90 Å². The number of ketones is 1. The Hall–Kier alpha value is -2.66. The van der Waals surface area contributed by atoms with Crippen molar-refractivity contribution in [2.24, 2.45) is 0 Å². The zero-order valence-electron chi connectivity index (χ0n) is 16.5. The van der Waals surface area contributed by atoms with E-state index in [0.29, 0.717) is 24.9 Å². The van der Waals surface area contributed by atoms with Crippen LogP contribution in [0.3, 0.4) is 0 Å². The second-order valence-corrected chi connectivity index (χ2v) is 7.53. The fourth-order valence-electron chi connectivity index (χ4n) is 4.39. The van der Waals surface area contributed by atoms with E-state index in [1.807, 2.05) is 37.3 Å². The molecule has 1 saturated heterocycles. The highest BCUT2D eigenvalue weighted by Gasteiger charge is 2.40. The van der Waals surface area contributed by atoms with Crippen LogP contribution in [0.15, 0.2) is 42.5 Å². The Morgan fingerprint density at radius 2 is 1.89 bits per heavy atom. The minimum atomic E-state index is -0.395. The lowest BCUT2D eigenvalue weighted by molar-refractivity contribution is -0.917. The lowest BCUT2D eigenvalue weighted by Gasteiger charge is -2.26. The fraction of sp³-hybridized carbons (Fsp3) is 0.391. The average molecular weight is 379 g/mol. The maximum Gasteiger partial charge on any atom is 0.303 e. The lowest BCUT2D eigenvalue weighted by Crippen LogP contribution is -3.12. The van der Waals surface area contributed by atoms with E-state index >= 15 is 0 Å². The highest BCUT2D eigenvalue weighted by molar-refractivity contribution is 6.52. The number of carbonyl (C=O) groups is 2. The third-order valence-electron chi connectivity index (χ3n) is 5.88. The number of ether oxygens (including phenoxy) is 1. The van der Waals surface area contributed by atoms with Crippen molar-refractivity contribution in [1.29, 1.82) is 0 Å². The van der Waals surface area contributed by atoms with Crippen molar-refractivity contribution in [3.63, 3.8) is 0 Å². The van der Waals surface area contributed by atoms with Gasteiger partial charge >= 0.3 is 5.91 Å². The van der Waals surface area contributed by atoms with E-state index in [4.69, 9.17) is 4.74 Å². The third kappa shape index (κ3) is 3.31. The van der Waals surface area contributed by atoms with E-state index in [1.165, 1.54) is 10.5 Å². The summed E-state index contributed by atoms with van der Waals surface area (Å²) in [6, 6.07) is 14.4. The predicted molar refractivity (Wildman–Crippen MR) is 108 cm³/mol. The number of nitrogens with one attached hydrogen (secondary N) is 1. The van der Waals surface area contributed by atoms with Crippen molar-refractivity contribution in [2.75, 3.05) is 24.7 Å². The van der Waals surface area contributed by atoms with Gasteiger partial charge < -0.3 is 9.64 Å². The molecule has 2 atom stereocenters. The van der Waals surface area contributed by atoms with Crippen LogP contribution in [0.5, 0.6) is 5.75 Å². The Labute approximate surface area is 165 Å². The molecular formula is C23H27N2O3+. The Kier molecular flexibility index (Phi) is 5.18. The van der Waals surface area contributed by atoms with Crippen LogP contribution in [0.2, 0.25) is 0 Å². The molecule has 5 nitrogen and oxygen atoms in total. The molecule has 4 rings (SSSR count). The number of fused-ring (bicyclic) bond motifs is 1. The molecule has 0 radical (unpaired) electrons. The molecule has 1 unspecified atom stereocenters. The van der Waals surface area contributed by atoms with Gasteiger partial charge in [0.25, 0.3) is 5.78 Å². The average Bonchev–Trinajstić information content (AvgIpc) is 3.27. The van der Waals surface area contributed by atoms with Crippen molar-refractivity contribution < 1.29 is 19.2 Å². The van der Waals surface area contributed by atoms with Crippen molar-refractivity contribution >= 4 is 17.4 Å². The van der Waals surface area contributed by atoms with Crippen LogP contribution in [0.25, 0.3) is 0 Å². The summed E-state index contributed by atoms with van der Waals surface area (Å²) in [7, 11) is 0. The summed E-state index contributed by atoms with van der Waals surface area (Å²) in [6.45, 7) is 6.21. The number of aryl methyl sites for hydroxylation is 1. The van der Waals surface area contributed by atoms with E-state index in [0.717, 1.165) is 42.8 Å². The smallest absolute Gasteiger partial charge is 0.303 e. The van der Waals surface area contributed by atoms with Gasteiger partial charge in [-0.1, -0.05) is 13.0 Å². The van der Waals surface area contributed by atoms with E-state index in [2.05, 4.69) is 19.1 Å². The molecule has 2 aliphatic heterocycles. The Balaban J connectivity index is 1.55. The first-order valence-corrected chi connectivity index (χ1v) is 10.2. The first-order valence-electron chi connectivity index (χ1n) is 10.2. The van der Waals surface area contributed by atoms with E-state index < -0.39 is 5.91 Å². The molecular weight excluding hydrogens is 352 g/mol. The summed E-state index contributed by atoms with van der Waals surface area (Å²) in [6.07, 6.45) is 3.05. The number of Topliss-reactive ketones (excluding diaryl/α,β-unsaturated/α-hetero) is 1. The fourth-order valence-corrected chi connectivity index (χ4v) is 4.39. The minimum absolute atomic E-state index is 0.331. The standard InChI is InChI=1S/C23H26N2O3/c1-3-16-7-12-21-19(14-16)22(26)23(27)25(21)15-24-13-5-6-20(24)17-8-10-18(11-9-17)28-4-2/h7-12,14,20H,3-6,13,15H2,1-2H3/p+1/t20-/m1/s1. The second kappa shape index (κ2) is 7.76. The molecule has 2 aliphatic rings. The molecule has 0 spiro atoms. The molecule has 0 saturated carbocycles. The Morgan fingerprint density at radius 3 is 2.61 bits per heavy atom. The molecule has 1 amide bonds. The van der Waals surface area contributed by atoms with Crippen molar-refractivity contribution in [3.05, 3.63) is 59.2 Å². The van der Waals surface area contributed by atoms with Gasteiger partial charge in [-0.3, -0.25) is 14.5 Å². The van der Waals surface area contributed by atoms with Gasteiger partial charge in [-0.25, -0.2) is 0 Å². The number of amides is 1. The number of carbonyl (C=O) groups excluding carboxylic acids is 2. The highest BCUT2D eigenvalue weighted by atomic mass is 16.5. The monoisotopic (exact) mass is 379 g/mol. The number of hydrogen-bond acceptors (Lipinski definition) is 3. The van der Waals surface area contributed by atoms with Crippen LogP contribution >= 0.6 is 0 Å². The summed E-state index contributed by atoms with van der Waals surface area (Å²) >= 11 is 0. The van der Waals surface area contributed by atoms with Gasteiger partial charge in [0.05, 0.1) is 24.4 Å². The summed E-state index contributed by atoms with van der Waals surface area (Å²) in [5.74, 6) is 0.112. The maximum absolute atomic E-state index is 12.7. The maximum atomic E-state index is 12.7. The number of quaternary nitrogens is 1. The number of rotatable bonds is 6. The highest BCUT2D eigenvalue weighted by Crippen LogP contribution is 2.30. The third-order valence-corrected chi connectivity index (χ3v) is 5.88. The molecule has 0 aromatic heterocycles. The van der Waals surface area contributed by atoms with Gasteiger partial charge in [-0.15, -0.1) is 0 Å². The molecule has 1 N–H and O–H groups in total. The minimum Gasteiger partial charge on any atom is -0.494 e. The number of hydrogen-bond donors (Lipinski definition) is 1. The molecule has 2 aromatic carbocycles. The molecule has 28 heavy (non-hydrogen) atoms. The van der Waals surface area contributed by atoms with E-state index in [9.17, 15) is 9.59 Å². The zero-order chi connectivity index (χ0) is 19.7. The SMILES string of the molecule is CCOc1ccc([C@H]2CCC[NH+]2CN2C(=O)C(=O)c3cc(CC)ccc32)cc1. The first-order chi connectivity index (χ1) is 13.6. The van der Waals surface area contributed by atoms with Gasteiger partial charge in [0.15, 0.2) is 6.67 Å². The normalized spacial score (nSPS) is 21.3. The summed E-state index contributed by atoms with van der Waals surface area (Å²) in [5.41, 5.74) is 3.66. The number of likely N-dealkylation sites (tertiary alicyclic amines) is 1. The lowest BCUT2D eigenvalue weighted by atomic mass is 10.0. The van der Waals surface area contributed by atoms with Crippen LogP contribution in [0.4, 0.5) is 5.69 Å². The first kappa shape index (κ1) is 18.7. The Bertz CT molecular complexity index is 891. The molecule has 1 fully saturated rings. The predicted octanol–water partition coefficient (Wildman–Crippen LogP) is 2.55. The summed E-state index contributed by atoms with van der Waals surface area (Å²) < 4.78 is 5.54. The topological polar surface area (TPSA) is 51.1 Å². The second-order valence-electron chi connectivity index (χ2n) is 7.53. The summed E-state index contributed by atoms with van der Waals surface area (Å²) in [4.78, 5) is 28.2. The molecule has 2 aromatic rings. The van der Waals surface area contributed by atoms with E-state index in [-0.39, 0.29) is 5.78 Å². The van der Waals surface area contributed by atoms with Crippen LogP contribution in [0, 0.1) is 0 Å². The van der Waals surface area contributed by atoms with Crippen molar-refractivity contribution in [3.8, 4) is 5.75 Å². The molecule has 146 valence electrons. The number of benzene rings is 2. The quantitative estimate of drug-likeness (QED) is 0.785. The van der Waals surface area contributed by atoms with Crippen LogP contribution in [0.1, 0.15) is 54.2 Å². The molecule has 0 bridgehead atoms. The summed E-state index contributed by atoms with van der Waals surface area (Å²) in [5, 5.41) is 0. The van der Waals surface area contributed by atoms with Gasteiger partial charge in [-0.05, 0) is 55.3 Å². The van der Waals surface area contributed by atoms with Gasteiger partial charge in [0, 0.05) is 18.4 Å². The number of anilines is 1. The van der Waals surface area contributed by atoms with Crippen LogP contribution in [-0.4, -0.2) is 31.5 Å². The van der Waals surface area contributed by atoms with Crippen LogP contribution < -0.4 is 14.5 Å². The number of nitrogens with zero attached hydrogens (tertiary/aromatic N) is 1. The van der Waals surface area contributed by atoms with Gasteiger partial charge in [0.1, 0.15) is 11.8 Å². The van der Waals surface area contributed by atoms with Crippen LogP contribution in [-0.2, 0) is 11.2 Å². The Morgan fingerprint density at radius 1 is 1.11 bits per heavy atom. The van der Waals surface area contributed by atoms with Gasteiger partial charge in [0.2, 0.25) is 0 Å². The van der Waals surface area contributed by atoms with Crippen molar-refractivity contribution in [1.82, 2.24) is 0 Å².